The molecular formula is C21H21N3O4S. The third-order valence-electron chi connectivity index (χ3n) is 5.01. The first kappa shape index (κ1) is 19.2. The van der Waals surface area contributed by atoms with Crippen molar-refractivity contribution < 1.29 is 14.3 Å². The molecule has 0 bridgehead atoms. The van der Waals surface area contributed by atoms with Crippen molar-refractivity contribution in [2.24, 2.45) is 0 Å². The molecule has 0 saturated heterocycles. The monoisotopic (exact) mass is 411 g/mol. The highest BCUT2D eigenvalue weighted by molar-refractivity contribution is 7.71. The summed E-state index contributed by atoms with van der Waals surface area (Å²) >= 11 is 5.41. The quantitative estimate of drug-likeness (QED) is 0.629. The third-order valence-corrected chi connectivity index (χ3v) is 5.33. The molecule has 0 aliphatic carbocycles. The third kappa shape index (κ3) is 3.75. The van der Waals surface area contributed by atoms with Gasteiger partial charge in [0.05, 0.1) is 17.4 Å². The van der Waals surface area contributed by atoms with Crippen LogP contribution in [0.1, 0.15) is 36.2 Å². The van der Waals surface area contributed by atoms with E-state index >= 15 is 0 Å². The molecule has 1 aliphatic heterocycles. The zero-order valence-electron chi connectivity index (χ0n) is 16.2. The topological polar surface area (TPSA) is 85.3 Å². The summed E-state index contributed by atoms with van der Waals surface area (Å²) < 4.78 is 12.5. The molecule has 4 rings (SSSR count). The minimum Gasteiger partial charge on any atom is -0.454 e. The summed E-state index contributed by atoms with van der Waals surface area (Å²) in [6.07, 6.45) is 0.840. The van der Waals surface area contributed by atoms with Gasteiger partial charge in [-0.25, -0.2) is 0 Å². The number of aromatic nitrogens is 2. The van der Waals surface area contributed by atoms with Crippen LogP contribution in [0, 0.1) is 4.77 Å². The van der Waals surface area contributed by atoms with E-state index in [0.29, 0.717) is 39.3 Å². The van der Waals surface area contributed by atoms with Crippen LogP contribution in [-0.4, -0.2) is 28.3 Å². The highest BCUT2D eigenvalue weighted by Crippen LogP contribution is 2.32. The van der Waals surface area contributed by atoms with Gasteiger partial charge in [0, 0.05) is 11.6 Å². The van der Waals surface area contributed by atoms with Crippen LogP contribution in [-0.2, 0) is 6.54 Å². The molecular weight excluding hydrogens is 390 g/mol. The van der Waals surface area contributed by atoms with Crippen LogP contribution >= 0.6 is 12.2 Å². The fourth-order valence-electron chi connectivity index (χ4n) is 3.17. The van der Waals surface area contributed by atoms with Gasteiger partial charge in [-0.3, -0.25) is 14.2 Å². The summed E-state index contributed by atoms with van der Waals surface area (Å²) in [5.41, 5.74) is 1.69. The van der Waals surface area contributed by atoms with Crippen molar-refractivity contribution in [3.8, 4) is 11.5 Å². The molecule has 1 aromatic heterocycles. The number of amides is 1. The summed E-state index contributed by atoms with van der Waals surface area (Å²) in [5, 5.41) is 3.39. The van der Waals surface area contributed by atoms with E-state index < -0.39 is 0 Å². The van der Waals surface area contributed by atoms with Crippen molar-refractivity contribution >= 4 is 29.0 Å². The van der Waals surface area contributed by atoms with E-state index in [1.54, 1.807) is 18.2 Å². The van der Waals surface area contributed by atoms with Crippen LogP contribution in [0.4, 0.5) is 0 Å². The number of hydrogen-bond acceptors (Lipinski definition) is 5. The van der Waals surface area contributed by atoms with Gasteiger partial charge in [0.15, 0.2) is 16.3 Å². The second kappa shape index (κ2) is 7.71. The van der Waals surface area contributed by atoms with E-state index in [1.165, 1.54) is 4.57 Å². The Balaban J connectivity index is 1.68. The van der Waals surface area contributed by atoms with Crippen molar-refractivity contribution in [3.63, 3.8) is 0 Å². The number of carbonyl (C=O) groups is 1. The molecule has 1 atom stereocenters. The molecule has 2 aromatic carbocycles. The van der Waals surface area contributed by atoms with Gasteiger partial charge < -0.3 is 19.8 Å². The van der Waals surface area contributed by atoms with Gasteiger partial charge in [-0.05, 0) is 61.5 Å². The van der Waals surface area contributed by atoms with E-state index in [-0.39, 0.29) is 24.3 Å². The van der Waals surface area contributed by atoms with Gasteiger partial charge in [-0.1, -0.05) is 13.0 Å². The molecule has 7 nitrogen and oxygen atoms in total. The highest BCUT2D eigenvalue weighted by atomic mass is 32.1. The molecule has 0 spiro atoms. The SMILES string of the molecule is CC[C@H](C)NC(=O)c1ccc2c(=O)n(Cc3ccc4c(c3)OCO4)c(=S)[nH]c2c1. The number of ether oxygens (including phenoxy) is 2. The normalized spacial score (nSPS) is 13.4. The molecule has 2 heterocycles. The number of benzene rings is 2. The van der Waals surface area contributed by atoms with Crippen LogP contribution in [0.15, 0.2) is 41.2 Å². The number of carbonyl (C=O) groups excluding carboxylic acids is 1. The first-order valence-electron chi connectivity index (χ1n) is 9.42. The van der Waals surface area contributed by atoms with E-state index in [9.17, 15) is 9.59 Å². The maximum Gasteiger partial charge on any atom is 0.262 e. The standard InChI is InChI=1S/C21H21N3O4S/c1-3-12(2)22-19(25)14-5-6-15-16(9-14)23-21(29)24(20(15)26)10-13-4-7-17-18(8-13)28-11-27-17/h4-9,12H,3,10-11H2,1-2H3,(H,22,25)(H,23,29)/t12-/m0/s1. The summed E-state index contributed by atoms with van der Waals surface area (Å²) in [7, 11) is 0. The predicted molar refractivity (Wildman–Crippen MR) is 112 cm³/mol. The second-order valence-corrected chi connectivity index (χ2v) is 7.44. The lowest BCUT2D eigenvalue weighted by molar-refractivity contribution is 0.0939. The Morgan fingerprint density at radius 1 is 1.24 bits per heavy atom. The minimum atomic E-state index is -0.213. The van der Waals surface area contributed by atoms with Gasteiger partial charge in [0.25, 0.3) is 11.5 Å². The average molecular weight is 411 g/mol. The zero-order chi connectivity index (χ0) is 20.5. The Hall–Kier alpha value is -3.13. The first-order valence-corrected chi connectivity index (χ1v) is 9.83. The van der Waals surface area contributed by atoms with Crippen LogP contribution in [0.3, 0.4) is 0 Å². The summed E-state index contributed by atoms with van der Waals surface area (Å²) in [6, 6.07) is 10.6. The Morgan fingerprint density at radius 2 is 2.03 bits per heavy atom. The smallest absolute Gasteiger partial charge is 0.262 e. The van der Waals surface area contributed by atoms with Crippen LogP contribution < -0.4 is 20.3 Å². The van der Waals surface area contributed by atoms with Gasteiger partial charge >= 0.3 is 0 Å². The Labute approximate surface area is 172 Å². The van der Waals surface area contributed by atoms with Gasteiger partial charge in [0.1, 0.15) is 0 Å². The number of H-pyrrole nitrogens is 1. The second-order valence-electron chi connectivity index (χ2n) is 7.05. The van der Waals surface area contributed by atoms with Crippen molar-refractivity contribution in [2.45, 2.75) is 32.9 Å². The first-order chi connectivity index (χ1) is 14.0. The molecule has 0 unspecified atom stereocenters. The molecule has 1 aliphatic rings. The lowest BCUT2D eigenvalue weighted by Gasteiger charge is -2.12. The number of aromatic amines is 1. The maximum atomic E-state index is 13.0. The average Bonchev–Trinajstić information content (AvgIpc) is 3.18. The van der Waals surface area contributed by atoms with E-state index in [4.69, 9.17) is 21.7 Å². The summed E-state index contributed by atoms with van der Waals surface area (Å²) in [6.45, 7) is 4.45. The van der Waals surface area contributed by atoms with E-state index in [2.05, 4.69) is 10.3 Å². The molecule has 29 heavy (non-hydrogen) atoms. The molecule has 150 valence electrons. The van der Waals surface area contributed by atoms with Crippen molar-refractivity contribution in [1.29, 1.82) is 0 Å². The van der Waals surface area contributed by atoms with E-state index in [1.807, 2.05) is 32.0 Å². The van der Waals surface area contributed by atoms with Crippen molar-refractivity contribution in [2.75, 3.05) is 6.79 Å². The Bertz CT molecular complexity index is 1210. The minimum absolute atomic E-state index is 0.0754. The number of nitrogens with one attached hydrogen (secondary N) is 2. The lowest BCUT2D eigenvalue weighted by atomic mass is 10.1. The van der Waals surface area contributed by atoms with E-state index in [0.717, 1.165) is 12.0 Å². The summed E-state index contributed by atoms with van der Waals surface area (Å²) in [4.78, 5) is 28.5. The highest BCUT2D eigenvalue weighted by Gasteiger charge is 2.15. The fraction of sp³-hybridized carbons (Fsp3) is 0.286. The molecule has 8 heteroatoms. The van der Waals surface area contributed by atoms with Gasteiger partial charge in [-0.15, -0.1) is 0 Å². The van der Waals surface area contributed by atoms with Crippen molar-refractivity contribution in [1.82, 2.24) is 14.9 Å². The van der Waals surface area contributed by atoms with Gasteiger partial charge in [-0.2, -0.15) is 0 Å². The number of rotatable bonds is 5. The molecule has 3 aromatic rings. The van der Waals surface area contributed by atoms with Gasteiger partial charge in [0.2, 0.25) is 6.79 Å². The number of fused-ring (bicyclic) bond motifs is 2. The van der Waals surface area contributed by atoms with Crippen LogP contribution in [0.2, 0.25) is 0 Å². The van der Waals surface area contributed by atoms with Crippen molar-refractivity contribution in [3.05, 3.63) is 62.6 Å². The Morgan fingerprint density at radius 3 is 2.83 bits per heavy atom. The van der Waals surface area contributed by atoms with Crippen LogP contribution in [0.25, 0.3) is 10.9 Å². The molecule has 0 saturated carbocycles. The molecule has 1 amide bonds. The summed E-state index contributed by atoms with van der Waals surface area (Å²) in [5.74, 6) is 1.17. The Kier molecular flexibility index (Phi) is 5.10. The fourth-order valence-corrected chi connectivity index (χ4v) is 3.43. The van der Waals surface area contributed by atoms with Crippen LogP contribution in [0.5, 0.6) is 11.5 Å². The predicted octanol–water partition coefficient (Wildman–Crippen LogP) is 3.36. The molecule has 0 radical (unpaired) electrons. The number of nitrogens with zero attached hydrogens (tertiary/aromatic N) is 1. The molecule has 0 fully saturated rings. The zero-order valence-corrected chi connectivity index (χ0v) is 17.0. The lowest BCUT2D eigenvalue weighted by Crippen LogP contribution is -2.32. The maximum absolute atomic E-state index is 13.0. The largest absolute Gasteiger partial charge is 0.454 e. The molecule has 2 N–H and O–H groups in total. The number of hydrogen-bond donors (Lipinski definition) is 2.